The van der Waals surface area contributed by atoms with Crippen molar-refractivity contribution in [2.24, 2.45) is 5.92 Å². The second kappa shape index (κ2) is 7.53. The van der Waals surface area contributed by atoms with E-state index in [1.54, 1.807) is 0 Å². The summed E-state index contributed by atoms with van der Waals surface area (Å²) in [6.45, 7) is 1.62. The van der Waals surface area contributed by atoms with Crippen LogP contribution in [0.25, 0.3) is 0 Å². The van der Waals surface area contributed by atoms with Crippen molar-refractivity contribution in [3.63, 3.8) is 0 Å². The van der Waals surface area contributed by atoms with Gasteiger partial charge in [0.1, 0.15) is 11.7 Å². The van der Waals surface area contributed by atoms with Crippen LogP contribution in [0.15, 0.2) is 18.6 Å². The van der Waals surface area contributed by atoms with E-state index < -0.39 is 6.04 Å². The SMILES string of the molecule is O=C(NC(C(=O)N1CCCC1)C1CCCCC1)c1cnccn1. The number of carbonyl (C=O) groups is 2. The van der Waals surface area contributed by atoms with Gasteiger partial charge in [0.2, 0.25) is 5.91 Å². The summed E-state index contributed by atoms with van der Waals surface area (Å²) in [6.07, 6.45) is 12.1. The van der Waals surface area contributed by atoms with Crippen LogP contribution < -0.4 is 5.32 Å². The molecule has 1 aromatic heterocycles. The Kier molecular flexibility index (Phi) is 5.20. The third kappa shape index (κ3) is 3.86. The number of likely N-dealkylation sites (tertiary alicyclic amines) is 1. The molecular weight excluding hydrogens is 292 g/mol. The summed E-state index contributed by atoms with van der Waals surface area (Å²) < 4.78 is 0. The van der Waals surface area contributed by atoms with E-state index in [9.17, 15) is 9.59 Å². The van der Waals surface area contributed by atoms with Gasteiger partial charge in [-0.1, -0.05) is 19.3 Å². The number of nitrogens with one attached hydrogen (secondary N) is 1. The molecular formula is C17H24N4O2. The van der Waals surface area contributed by atoms with E-state index in [0.29, 0.717) is 0 Å². The smallest absolute Gasteiger partial charge is 0.272 e. The fourth-order valence-corrected chi connectivity index (χ4v) is 3.61. The largest absolute Gasteiger partial charge is 0.341 e. The summed E-state index contributed by atoms with van der Waals surface area (Å²) in [7, 11) is 0. The Bertz CT molecular complexity index is 537. The summed E-state index contributed by atoms with van der Waals surface area (Å²) in [6, 6.07) is -0.428. The molecule has 2 amide bonds. The number of carbonyl (C=O) groups excluding carboxylic acids is 2. The average molecular weight is 316 g/mol. The van der Waals surface area contributed by atoms with Crippen LogP contribution in [0.1, 0.15) is 55.4 Å². The molecule has 1 unspecified atom stereocenters. The molecule has 1 N–H and O–H groups in total. The van der Waals surface area contributed by atoms with Crippen molar-refractivity contribution < 1.29 is 9.59 Å². The molecule has 124 valence electrons. The van der Waals surface area contributed by atoms with Gasteiger partial charge in [0.25, 0.3) is 5.91 Å². The van der Waals surface area contributed by atoms with Crippen LogP contribution in [0.2, 0.25) is 0 Å². The van der Waals surface area contributed by atoms with Crippen molar-refractivity contribution in [3.05, 3.63) is 24.3 Å². The number of hydrogen-bond acceptors (Lipinski definition) is 4. The van der Waals surface area contributed by atoms with E-state index in [2.05, 4.69) is 15.3 Å². The van der Waals surface area contributed by atoms with Crippen LogP contribution in [0.4, 0.5) is 0 Å². The maximum Gasteiger partial charge on any atom is 0.272 e. The van der Waals surface area contributed by atoms with Crippen molar-refractivity contribution in [2.75, 3.05) is 13.1 Å². The third-order valence-corrected chi connectivity index (χ3v) is 4.89. The first-order valence-corrected chi connectivity index (χ1v) is 8.61. The zero-order chi connectivity index (χ0) is 16.1. The maximum atomic E-state index is 12.9. The van der Waals surface area contributed by atoms with Crippen molar-refractivity contribution in [2.45, 2.75) is 51.0 Å². The minimum atomic E-state index is -0.428. The molecule has 2 heterocycles. The molecule has 1 saturated carbocycles. The maximum absolute atomic E-state index is 12.9. The van der Waals surface area contributed by atoms with Crippen molar-refractivity contribution >= 4 is 11.8 Å². The zero-order valence-electron chi connectivity index (χ0n) is 13.4. The summed E-state index contributed by atoms with van der Waals surface area (Å²) in [5, 5.41) is 2.95. The Hall–Kier alpha value is -1.98. The lowest BCUT2D eigenvalue weighted by Gasteiger charge is -2.32. The van der Waals surface area contributed by atoms with Crippen LogP contribution in [-0.2, 0) is 4.79 Å². The van der Waals surface area contributed by atoms with E-state index in [4.69, 9.17) is 0 Å². The Labute approximate surface area is 136 Å². The van der Waals surface area contributed by atoms with E-state index in [-0.39, 0.29) is 23.4 Å². The summed E-state index contributed by atoms with van der Waals surface area (Å²) >= 11 is 0. The molecule has 2 aliphatic rings. The molecule has 1 aliphatic heterocycles. The molecule has 23 heavy (non-hydrogen) atoms. The van der Waals surface area contributed by atoms with Gasteiger partial charge >= 0.3 is 0 Å². The first-order valence-electron chi connectivity index (χ1n) is 8.61. The molecule has 0 spiro atoms. The topological polar surface area (TPSA) is 75.2 Å². The molecule has 1 saturated heterocycles. The molecule has 0 aromatic carbocycles. The first kappa shape index (κ1) is 15.9. The molecule has 0 bridgehead atoms. The Morgan fingerprint density at radius 3 is 2.48 bits per heavy atom. The quantitative estimate of drug-likeness (QED) is 0.919. The number of aromatic nitrogens is 2. The van der Waals surface area contributed by atoms with E-state index in [0.717, 1.165) is 51.6 Å². The standard InChI is InChI=1S/C17H24N4O2/c22-16(14-12-18-8-9-19-14)20-15(13-6-2-1-3-7-13)17(23)21-10-4-5-11-21/h8-9,12-13,15H,1-7,10-11H2,(H,20,22). The molecule has 1 atom stereocenters. The lowest BCUT2D eigenvalue weighted by atomic mass is 9.83. The fraction of sp³-hybridized carbons (Fsp3) is 0.647. The van der Waals surface area contributed by atoms with Gasteiger partial charge in [0, 0.05) is 25.5 Å². The van der Waals surface area contributed by atoms with Gasteiger partial charge in [-0.25, -0.2) is 4.98 Å². The average Bonchev–Trinajstić information content (AvgIpc) is 3.15. The molecule has 1 aliphatic carbocycles. The number of amides is 2. The third-order valence-electron chi connectivity index (χ3n) is 4.89. The summed E-state index contributed by atoms with van der Waals surface area (Å²) in [5.41, 5.74) is 0.266. The number of rotatable bonds is 4. The second-order valence-corrected chi connectivity index (χ2v) is 6.47. The monoisotopic (exact) mass is 316 g/mol. The van der Waals surface area contributed by atoms with Crippen LogP contribution in [0, 0.1) is 5.92 Å². The fourth-order valence-electron chi connectivity index (χ4n) is 3.61. The van der Waals surface area contributed by atoms with E-state index in [1.807, 2.05) is 4.90 Å². The van der Waals surface area contributed by atoms with Crippen molar-refractivity contribution in [3.8, 4) is 0 Å². The predicted octanol–water partition coefficient (Wildman–Crippen LogP) is 1.78. The lowest BCUT2D eigenvalue weighted by Crippen LogP contribution is -2.52. The molecule has 6 nitrogen and oxygen atoms in total. The van der Waals surface area contributed by atoms with Gasteiger partial charge in [0.05, 0.1) is 6.20 Å². The highest BCUT2D eigenvalue weighted by molar-refractivity contribution is 5.96. The van der Waals surface area contributed by atoms with Crippen LogP contribution in [0.5, 0.6) is 0 Å². The minimum Gasteiger partial charge on any atom is -0.341 e. The van der Waals surface area contributed by atoms with Gasteiger partial charge < -0.3 is 10.2 Å². The van der Waals surface area contributed by atoms with E-state index >= 15 is 0 Å². The van der Waals surface area contributed by atoms with Crippen LogP contribution in [-0.4, -0.2) is 45.8 Å². The van der Waals surface area contributed by atoms with Crippen LogP contribution in [0.3, 0.4) is 0 Å². The highest BCUT2D eigenvalue weighted by Crippen LogP contribution is 2.28. The number of hydrogen-bond donors (Lipinski definition) is 1. The Balaban J connectivity index is 1.74. The first-order chi connectivity index (χ1) is 11.3. The highest BCUT2D eigenvalue weighted by Gasteiger charge is 2.35. The molecule has 0 radical (unpaired) electrons. The minimum absolute atomic E-state index is 0.0756. The molecule has 6 heteroatoms. The lowest BCUT2D eigenvalue weighted by molar-refractivity contribution is -0.133. The van der Waals surface area contributed by atoms with Gasteiger partial charge in [-0.05, 0) is 31.6 Å². The van der Waals surface area contributed by atoms with Crippen LogP contribution >= 0.6 is 0 Å². The second-order valence-electron chi connectivity index (χ2n) is 6.47. The molecule has 3 rings (SSSR count). The van der Waals surface area contributed by atoms with E-state index in [1.165, 1.54) is 25.0 Å². The van der Waals surface area contributed by atoms with Crippen molar-refractivity contribution in [1.29, 1.82) is 0 Å². The highest BCUT2D eigenvalue weighted by atomic mass is 16.2. The predicted molar refractivity (Wildman–Crippen MR) is 85.7 cm³/mol. The van der Waals surface area contributed by atoms with Gasteiger partial charge in [0.15, 0.2) is 0 Å². The zero-order valence-corrected chi connectivity index (χ0v) is 13.4. The normalized spacial score (nSPS) is 20.3. The number of nitrogens with zero attached hydrogens (tertiary/aromatic N) is 3. The summed E-state index contributed by atoms with van der Waals surface area (Å²) in [5.74, 6) is 0.00494. The van der Waals surface area contributed by atoms with Gasteiger partial charge in [-0.3, -0.25) is 14.6 Å². The van der Waals surface area contributed by atoms with Gasteiger partial charge in [-0.15, -0.1) is 0 Å². The molecule has 2 fully saturated rings. The Morgan fingerprint density at radius 2 is 1.83 bits per heavy atom. The summed E-state index contributed by atoms with van der Waals surface area (Å²) in [4.78, 5) is 35.2. The molecule has 1 aromatic rings. The Morgan fingerprint density at radius 1 is 1.09 bits per heavy atom. The van der Waals surface area contributed by atoms with Crippen molar-refractivity contribution in [1.82, 2.24) is 20.2 Å². The van der Waals surface area contributed by atoms with Gasteiger partial charge in [-0.2, -0.15) is 0 Å².